The normalized spacial score (nSPS) is 17.4. The Morgan fingerprint density at radius 3 is 2.52 bits per heavy atom. The van der Waals surface area contributed by atoms with Gasteiger partial charge in [-0.2, -0.15) is 18.4 Å². The van der Waals surface area contributed by atoms with Crippen LogP contribution in [-0.4, -0.2) is 43.8 Å². The summed E-state index contributed by atoms with van der Waals surface area (Å²) in [6.07, 6.45) is -3.68. The highest BCUT2D eigenvalue weighted by molar-refractivity contribution is 5.51. The molecule has 1 aromatic rings. The number of anilines is 1. The van der Waals surface area contributed by atoms with Gasteiger partial charge in [-0.3, -0.25) is 4.90 Å². The van der Waals surface area contributed by atoms with E-state index in [1.54, 1.807) is 4.90 Å². The largest absolute Gasteiger partial charge is 0.401 e. The summed E-state index contributed by atoms with van der Waals surface area (Å²) < 4.78 is 51.1. The minimum Gasteiger partial charge on any atom is -0.368 e. The Kier molecular flexibility index (Phi) is 4.68. The first-order chi connectivity index (χ1) is 9.89. The second-order valence-corrected chi connectivity index (χ2v) is 5.01. The van der Waals surface area contributed by atoms with Crippen molar-refractivity contribution in [1.29, 1.82) is 5.26 Å². The van der Waals surface area contributed by atoms with Crippen LogP contribution in [0.2, 0.25) is 0 Å². The lowest BCUT2D eigenvalue weighted by molar-refractivity contribution is -0.145. The molecule has 0 amide bonds. The SMILES string of the molecule is N#Cc1ccc(N2CCCN(CC(F)(F)F)CC2)c(F)c1. The first kappa shape index (κ1) is 15.6. The van der Waals surface area contributed by atoms with Crippen LogP contribution in [0.3, 0.4) is 0 Å². The molecule has 1 saturated heterocycles. The van der Waals surface area contributed by atoms with Crippen LogP contribution >= 0.6 is 0 Å². The Labute approximate surface area is 120 Å². The van der Waals surface area contributed by atoms with Gasteiger partial charge in [0.1, 0.15) is 5.82 Å². The summed E-state index contributed by atoms with van der Waals surface area (Å²) in [4.78, 5) is 3.06. The highest BCUT2D eigenvalue weighted by atomic mass is 19.4. The molecule has 1 aromatic carbocycles. The quantitative estimate of drug-likeness (QED) is 0.787. The van der Waals surface area contributed by atoms with E-state index in [1.165, 1.54) is 17.0 Å². The number of hydrogen-bond acceptors (Lipinski definition) is 3. The van der Waals surface area contributed by atoms with Crippen molar-refractivity contribution in [3.8, 4) is 6.07 Å². The van der Waals surface area contributed by atoms with Crippen LogP contribution in [0.15, 0.2) is 18.2 Å². The molecule has 0 saturated carbocycles. The predicted octanol–water partition coefficient (Wildman–Crippen LogP) is 2.77. The fourth-order valence-corrected chi connectivity index (χ4v) is 2.46. The molecule has 1 aliphatic heterocycles. The monoisotopic (exact) mass is 301 g/mol. The minimum atomic E-state index is -4.21. The van der Waals surface area contributed by atoms with E-state index in [4.69, 9.17) is 5.26 Å². The molecular weight excluding hydrogens is 286 g/mol. The summed E-state index contributed by atoms with van der Waals surface area (Å²) in [5.41, 5.74) is 0.563. The van der Waals surface area contributed by atoms with Gasteiger partial charge < -0.3 is 4.90 Å². The molecule has 0 radical (unpaired) electrons. The van der Waals surface area contributed by atoms with Crippen molar-refractivity contribution in [3.05, 3.63) is 29.6 Å². The van der Waals surface area contributed by atoms with Crippen LogP contribution in [0.1, 0.15) is 12.0 Å². The first-order valence-corrected chi connectivity index (χ1v) is 6.63. The van der Waals surface area contributed by atoms with Gasteiger partial charge in [-0.15, -0.1) is 0 Å². The highest BCUT2D eigenvalue weighted by Crippen LogP contribution is 2.23. The fraction of sp³-hybridized carbons (Fsp3) is 0.500. The Morgan fingerprint density at radius 2 is 1.90 bits per heavy atom. The fourth-order valence-electron chi connectivity index (χ4n) is 2.46. The van der Waals surface area contributed by atoms with Gasteiger partial charge in [-0.25, -0.2) is 4.39 Å². The molecule has 0 aromatic heterocycles. The Morgan fingerprint density at radius 1 is 1.14 bits per heavy atom. The zero-order valence-corrected chi connectivity index (χ0v) is 11.3. The van der Waals surface area contributed by atoms with Crippen molar-refractivity contribution in [3.63, 3.8) is 0 Å². The maximum Gasteiger partial charge on any atom is 0.401 e. The molecule has 0 spiro atoms. The maximum absolute atomic E-state index is 13.9. The molecule has 0 atom stereocenters. The Balaban J connectivity index is 2.05. The van der Waals surface area contributed by atoms with Gasteiger partial charge in [0.05, 0.1) is 23.9 Å². The van der Waals surface area contributed by atoms with Crippen molar-refractivity contribution in [1.82, 2.24) is 4.90 Å². The number of benzene rings is 1. The molecule has 3 nitrogen and oxygen atoms in total. The van der Waals surface area contributed by atoms with Crippen LogP contribution in [0.5, 0.6) is 0 Å². The van der Waals surface area contributed by atoms with Gasteiger partial charge in [0.25, 0.3) is 0 Å². The maximum atomic E-state index is 13.9. The number of hydrogen-bond donors (Lipinski definition) is 0. The first-order valence-electron chi connectivity index (χ1n) is 6.63. The van der Waals surface area contributed by atoms with Crippen molar-refractivity contribution in [2.75, 3.05) is 37.6 Å². The molecular formula is C14H15F4N3. The zero-order chi connectivity index (χ0) is 15.5. The molecule has 0 unspecified atom stereocenters. The van der Waals surface area contributed by atoms with Crippen molar-refractivity contribution < 1.29 is 17.6 Å². The lowest BCUT2D eigenvalue weighted by atomic mass is 10.2. The van der Waals surface area contributed by atoms with Gasteiger partial charge in [0.15, 0.2) is 0 Å². The van der Waals surface area contributed by atoms with E-state index in [9.17, 15) is 17.6 Å². The molecule has 1 aliphatic rings. The topological polar surface area (TPSA) is 30.3 Å². The minimum absolute atomic E-state index is 0.227. The van der Waals surface area contributed by atoms with Crippen LogP contribution in [-0.2, 0) is 0 Å². The second-order valence-electron chi connectivity index (χ2n) is 5.01. The summed E-state index contributed by atoms with van der Waals surface area (Å²) in [5, 5.41) is 8.71. The summed E-state index contributed by atoms with van der Waals surface area (Å²) in [6, 6.07) is 6.02. The number of nitriles is 1. The van der Waals surface area contributed by atoms with Gasteiger partial charge in [-0.05, 0) is 24.6 Å². The van der Waals surface area contributed by atoms with Gasteiger partial charge in [0, 0.05) is 26.2 Å². The summed E-state index contributed by atoms with van der Waals surface area (Å²) in [6.45, 7) is 0.472. The van der Waals surface area contributed by atoms with E-state index in [0.717, 1.165) is 6.07 Å². The van der Waals surface area contributed by atoms with Crippen molar-refractivity contribution in [2.24, 2.45) is 0 Å². The van der Waals surface area contributed by atoms with Crippen LogP contribution in [0, 0.1) is 17.1 Å². The van der Waals surface area contributed by atoms with Crippen LogP contribution in [0.4, 0.5) is 23.2 Å². The summed E-state index contributed by atoms with van der Waals surface area (Å²) in [7, 11) is 0. The van der Waals surface area contributed by atoms with E-state index >= 15 is 0 Å². The molecule has 114 valence electrons. The predicted molar refractivity (Wildman–Crippen MR) is 70.4 cm³/mol. The summed E-state index contributed by atoms with van der Waals surface area (Å²) in [5.74, 6) is -0.515. The van der Waals surface area contributed by atoms with E-state index in [-0.39, 0.29) is 12.1 Å². The second kappa shape index (κ2) is 6.31. The van der Waals surface area contributed by atoms with Gasteiger partial charge in [-0.1, -0.05) is 0 Å². The van der Waals surface area contributed by atoms with E-state index in [0.29, 0.717) is 31.7 Å². The number of rotatable bonds is 2. The Hall–Kier alpha value is -1.81. The molecule has 7 heteroatoms. The molecule has 21 heavy (non-hydrogen) atoms. The highest BCUT2D eigenvalue weighted by Gasteiger charge is 2.31. The average Bonchev–Trinajstić information content (AvgIpc) is 2.62. The third kappa shape index (κ3) is 4.33. The van der Waals surface area contributed by atoms with Crippen molar-refractivity contribution in [2.45, 2.75) is 12.6 Å². The molecule has 0 aliphatic carbocycles. The third-order valence-electron chi connectivity index (χ3n) is 3.41. The molecule has 1 heterocycles. The molecule has 0 bridgehead atoms. The Bertz CT molecular complexity index is 536. The third-order valence-corrected chi connectivity index (χ3v) is 3.41. The smallest absolute Gasteiger partial charge is 0.368 e. The number of alkyl halides is 3. The average molecular weight is 301 g/mol. The van der Waals surface area contributed by atoms with Gasteiger partial charge >= 0.3 is 6.18 Å². The van der Waals surface area contributed by atoms with Crippen LogP contribution < -0.4 is 4.90 Å². The van der Waals surface area contributed by atoms with Crippen LogP contribution in [0.25, 0.3) is 0 Å². The molecule has 1 fully saturated rings. The number of nitrogens with zero attached hydrogens (tertiary/aromatic N) is 3. The van der Waals surface area contributed by atoms with E-state index in [1.807, 2.05) is 6.07 Å². The molecule has 0 N–H and O–H groups in total. The summed E-state index contributed by atoms with van der Waals surface area (Å²) >= 11 is 0. The standard InChI is InChI=1S/C14H15F4N3/c15-12-8-11(9-19)2-3-13(12)21-5-1-4-20(6-7-21)10-14(16,17)18/h2-3,8H,1,4-7,10H2. The van der Waals surface area contributed by atoms with Crippen molar-refractivity contribution >= 4 is 5.69 Å². The van der Waals surface area contributed by atoms with E-state index < -0.39 is 18.5 Å². The van der Waals surface area contributed by atoms with E-state index in [2.05, 4.69) is 0 Å². The zero-order valence-electron chi connectivity index (χ0n) is 11.3. The van der Waals surface area contributed by atoms with Gasteiger partial charge in [0.2, 0.25) is 0 Å². The molecule has 2 rings (SSSR count). The lowest BCUT2D eigenvalue weighted by Gasteiger charge is -2.24. The lowest BCUT2D eigenvalue weighted by Crippen LogP contribution is -2.37. The number of halogens is 4.